The van der Waals surface area contributed by atoms with Gasteiger partial charge in [0.1, 0.15) is 0 Å². The second-order valence-electron chi connectivity index (χ2n) is 10.4. The maximum absolute atomic E-state index is 12.6. The molecule has 1 unspecified atom stereocenters. The minimum Gasteiger partial charge on any atom is -0.474 e. The molecule has 1 aliphatic heterocycles. The van der Waals surface area contributed by atoms with Crippen molar-refractivity contribution in [3.63, 3.8) is 0 Å². The van der Waals surface area contributed by atoms with Crippen LogP contribution in [0.3, 0.4) is 0 Å². The van der Waals surface area contributed by atoms with Gasteiger partial charge in [0.2, 0.25) is 0 Å². The van der Waals surface area contributed by atoms with Crippen LogP contribution < -0.4 is 10.6 Å². The topological polar surface area (TPSA) is 98.7 Å². The number of carboxylic acid groups (broad SMARTS) is 1. The van der Waals surface area contributed by atoms with Crippen LogP contribution in [0.5, 0.6) is 0 Å². The molecule has 1 atom stereocenters. The Hall–Kier alpha value is -2.41. The molecule has 7 nitrogen and oxygen atoms in total. The van der Waals surface area contributed by atoms with Crippen LogP contribution in [0.25, 0.3) is 0 Å². The van der Waals surface area contributed by atoms with E-state index in [0.717, 1.165) is 44.3 Å². The zero-order valence-electron chi connectivity index (χ0n) is 23.1. The van der Waals surface area contributed by atoms with Gasteiger partial charge in [-0.25, -0.2) is 4.79 Å². The summed E-state index contributed by atoms with van der Waals surface area (Å²) in [5.74, 6) is -2.09. The van der Waals surface area contributed by atoms with E-state index in [1.54, 1.807) is 12.1 Å². The van der Waals surface area contributed by atoms with Crippen molar-refractivity contribution in [1.82, 2.24) is 15.5 Å². The normalized spacial score (nSPS) is 14.8. The van der Waals surface area contributed by atoms with Crippen molar-refractivity contribution in [2.24, 2.45) is 5.92 Å². The zero-order chi connectivity index (χ0) is 26.9. The molecule has 0 spiro atoms. The van der Waals surface area contributed by atoms with Gasteiger partial charge >= 0.3 is 11.9 Å². The third-order valence-corrected chi connectivity index (χ3v) is 7.58. The second kappa shape index (κ2) is 17.9. The fraction of sp³-hybridized carbons (Fsp3) is 0.700. The maximum atomic E-state index is 12.6. The molecule has 1 aromatic rings. The molecule has 1 aliphatic rings. The third-order valence-electron chi connectivity index (χ3n) is 7.58. The number of carboxylic acids is 1. The third kappa shape index (κ3) is 11.2. The van der Waals surface area contributed by atoms with Crippen LogP contribution in [0.2, 0.25) is 0 Å². The minimum absolute atomic E-state index is 0.0953. The van der Waals surface area contributed by atoms with E-state index in [1.807, 2.05) is 19.1 Å². The summed E-state index contributed by atoms with van der Waals surface area (Å²) in [6.07, 6.45) is 15.2. The molecule has 0 aromatic heterocycles. The number of piperidine rings is 1. The summed E-state index contributed by atoms with van der Waals surface area (Å²) in [6.45, 7) is 6.93. The fourth-order valence-electron chi connectivity index (χ4n) is 5.37. The number of amides is 2. The van der Waals surface area contributed by atoms with Gasteiger partial charge in [0.15, 0.2) is 0 Å². The number of benzene rings is 1. The van der Waals surface area contributed by atoms with Gasteiger partial charge in [0.05, 0.1) is 0 Å². The molecule has 2 amide bonds. The lowest BCUT2D eigenvalue weighted by Crippen LogP contribution is -2.49. The molecule has 0 bridgehead atoms. The van der Waals surface area contributed by atoms with E-state index in [1.165, 1.54) is 56.3 Å². The van der Waals surface area contributed by atoms with Gasteiger partial charge in [0, 0.05) is 24.7 Å². The minimum atomic E-state index is -1.42. The first-order chi connectivity index (χ1) is 18.0. The predicted octanol–water partition coefficient (Wildman–Crippen LogP) is 5.53. The van der Waals surface area contributed by atoms with Crippen LogP contribution >= 0.6 is 0 Å². The molecular weight excluding hydrogens is 466 g/mol. The first-order valence-corrected chi connectivity index (χ1v) is 14.6. The molecule has 3 N–H and O–H groups in total. The Morgan fingerprint density at radius 2 is 1.49 bits per heavy atom. The molecule has 0 radical (unpaired) electrons. The molecule has 7 heteroatoms. The standard InChI is InChI=1S/C30H49N3O4/c1-3-5-6-7-8-9-10-11-12-13-20-32-28(34)26-16-14-24(15-17-26)23-33(29(35)30(36)37)27(4-2)25-18-21-31-22-19-25/h14-17,25,27,31H,3-13,18-23H2,1-2H3,(H,32,34)(H,36,37). The van der Waals surface area contributed by atoms with E-state index in [0.29, 0.717) is 18.5 Å². The van der Waals surface area contributed by atoms with Gasteiger partial charge in [-0.2, -0.15) is 0 Å². The van der Waals surface area contributed by atoms with Crippen molar-refractivity contribution < 1.29 is 19.5 Å². The fourth-order valence-corrected chi connectivity index (χ4v) is 5.37. The lowest BCUT2D eigenvalue weighted by molar-refractivity contribution is -0.158. The van der Waals surface area contributed by atoms with Crippen LogP contribution in [0.1, 0.15) is 113 Å². The zero-order valence-corrected chi connectivity index (χ0v) is 23.1. The number of rotatable bonds is 17. The summed E-state index contributed by atoms with van der Waals surface area (Å²) in [5, 5.41) is 15.8. The van der Waals surface area contributed by atoms with Crippen molar-refractivity contribution in [2.75, 3.05) is 19.6 Å². The second-order valence-corrected chi connectivity index (χ2v) is 10.4. The summed E-state index contributed by atoms with van der Waals surface area (Å²) < 4.78 is 0. The van der Waals surface area contributed by atoms with Gasteiger partial charge in [0.25, 0.3) is 5.91 Å². The van der Waals surface area contributed by atoms with Crippen molar-refractivity contribution in [3.05, 3.63) is 35.4 Å². The first kappa shape index (κ1) is 30.8. The van der Waals surface area contributed by atoms with Crippen molar-refractivity contribution in [2.45, 2.75) is 110 Å². The van der Waals surface area contributed by atoms with Gasteiger partial charge in [-0.15, -0.1) is 0 Å². The number of hydrogen-bond acceptors (Lipinski definition) is 4. The largest absolute Gasteiger partial charge is 0.474 e. The summed E-state index contributed by atoms with van der Waals surface area (Å²) in [4.78, 5) is 38.2. The molecule has 2 rings (SSSR count). The smallest absolute Gasteiger partial charge is 0.394 e. The van der Waals surface area contributed by atoms with Crippen LogP contribution in [0.4, 0.5) is 0 Å². The Labute approximate surface area is 223 Å². The number of unbranched alkanes of at least 4 members (excludes halogenated alkanes) is 9. The summed E-state index contributed by atoms with van der Waals surface area (Å²) in [7, 11) is 0. The Balaban J connectivity index is 1.79. The van der Waals surface area contributed by atoms with E-state index in [2.05, 4.69) is 17.6 Å². The highest BCUT2D eigenvalue weighted by atomic mass is 16.4. The molecule has 1 saturated heterocycles. The van der Waals surface area contributed by atoms with E-state index < -0.39 is 11.9 Å². The monoisotopic (exact) mass is 515 g/mol. The molecule has 208 valence electrons. The van der Waals surface area contributed by atoms with Crippen molar-refractivity contribution in [3.8, 4) is 0 Å². The van der Waals surface area contributed by atoms with E-state index in [4.69, 9.17) is 0 Å². The van der Waals surface area contributed by atoms with E-state index in [-0.39, 0.29) is 24.4 Å². The molecule has 1 heterocycles. The average molecular weight is 516 g/mol. The van der Waals surface area contributed by atoms with Gasteiger partial charge in [-0.3, -0.25) is 9.59 Å². The number of carbonyl (C=O) groups is 3. The Bertz CT molecular complexity index is 806. The highest BCUT2D eigenvalue weighted by molar-refractivity contribution is 6.31. The molecular formula is C30H49N3O4. The lowest BCUT2D eigenvalue weighted by atomic mass is 9.87. The first-order valence-electron chi connectivity index (χ1n) is 14.6. The summed E-state index contributed by atoms with van der Waals surface area (Å²) in [5.41, 5.74) is 1.41. The predicted molar refractivity (Wildman–Crippen MR) is 148 cm³/mol. The van der Waals surface area contributed by atoms with Crippen LogP contribution in [-0.4, -0.2) is 53.5 Å². The maximum Gasteiger partial charge on any atom is 0.394 e. The summed E-state index contributed by atoms with van der Waals surface area (Å²) >= 11 is 0. The molecule has 0 aliphatic carbocycles. The van der Waals surface area contributed by atoms with Gasteiger partial charge in [-0.1, -0.05) is 83.8 Å². The summed E-state index contributed by atoms with van der Waals surface area (Å²) in [6, 6.07) is 7.06. The number of hydrogen-bond donors (Lipinski definition) is 3. The van der Waals surface area contributed by atoms with Crippen molar-refractivity contribution >= 4 is 17.8 Å². The highest BCUT2D eigenvalue weighted by Crippen LogP contribution is 2.25. The van der Waals surface area contributed by atoms with E-state index >= 15 is 0 Å². The number of nitrogens with one attached hydrogen (secondary N) is 2. The lowest BCUT2D eigenvalue weighted by Gasteiger charge is -2.38. The van der Waals surface area contributed by atoms with Crippen LogP contribution in [-0.2, 0) is 16.1 Å². The Morgan fingerprint density at radius 3 is 2.03 bits per heavy atom. The highest BCUT2D eigenvalue weighted by Gasteiger charge is 2.33. The Kier molecular flexibility index (Phi) is 14.9. The molecule has 37 heavy (non-hydrogen) atoms. The number of carbonyl (C=O) groups excluding carboxylic acids is 2. The van der Waals surface area contributed by atoms with Gasteiger partial charge < -0.3 is 20.6 Å². The van der Waals surface area contributed by atoms with Crippen LogP contribution in [0.15, 0.2) is 24.3 Å². The Morgan fingerprint density at radius 1 is 0.919 bits per heavy atom. The molecule has 0 saturated carbocycles. The van der Waals surface area contributed by atoms with Gasteiger partial charge in [-0.05, 0) is 62.4 Å². The quantitative estimate of drug-likeness (QED) is 0.187. The number of aliphatic carboxylic acids is 1. The number of nitrogens with zero attached hydrogens (tertiary/aromatic N) is 1. The average Bonchev–Trinajstić information content (AvgIpc) is 2.92. The molecule has 1 aromatic carbocycles. The van der Waals surface area contributed by atoms with Crippen molar-refractivity contribution in [1.29, 1.82) is 0 Å². The SMILES string of the molecule is CCCCCCCCCCCCNC(=O)c1ccc(CN(C(=O)C(=O)O)C(CC)C2CCNCC2)cc1. The molecule has 1 fully saturated rings. The van der Waals surface area contributed by atoms with E-state index in [9.17, 15) is 19.5 Å². The van der Waals surface area contributed by atoms with Crippen LogP contribution in [0, 0.1) is 5.92 Å².